The zero-order valence-corrected chi connectivity index (χ0v) is 11.4. The Morgan fingerprint density at radius 1 is 1.24 bits per heavy atom. The number of amides is 1. The molecular weight excluding hydrogens is 272 g/mol. The van der Waals surface area contributed by atoms with Crippen molar-refractivity contribution in [2.24, 2.45) is 0 Å². The first-order chi connectivity index (χ1) is 10.0. The molecule has 0 aliphatic carbocycles. The first-order valence-corrected chi connectivity index (χ1v) is 6.24. The summed E-state index contributed by atoms with van der Waals surface area (Å²) in [6, 6.07) is 4.25. The number of carboxylic acids is 1. The minimum Gasteiger partial charge on any atom is -0.478 e. The molecule has 1 amide bonds. The molecule has 7 nitrogen and oxygen atoms in total. The first kappa shape index (κ1) is 14.4. The molecular formula is C14H14N4O3. The van der Waals surface area contributed by atoms with E-state index in [1.165, 1.54) is 41.8 Å². The lowest BCUT2D eigenvalue weighted by Crippen LogP contribution is -2.31. The van der Waals surface area contributed by atoms with Crippen molar-refractivity contribution in [3.63, 3.8) is 0 Å². The van der Waals surface area contributed by atoms with Gasteiger partial charge < -0.3 is 15.7 Å². The summed E-state index contributed by atoms with van der Waals surface area (Å²) in [5.41, 5.74) is 6.95. The Morgan fingerprint density at radius 3 is 2.43 bits per heavy atom. The molecule has 0 radical (unpaired) electrons. The predicted octanol–water partition coefficient (Wildman–Crippen LogP) is 1.42. The number of carboxylic acid groups (broad SMARTS) is 1. The maximum absolute atomic E-state index is 12.4. The Balaban J connectivity index is 2.38. The Hall–Kier alpha value is -2.96. The summed E-state index contributed by atoms with van der Waals surface area (Å²) in [6.07, 6.45) is 4.17. The summed E-state index contributed by atoms with van der Waals surface area (Å²) in [5.74, 6) is -1.37. The molecule has 1 heterocycles. The smallest absolute Gasteiger partial charge is 0.335 e. The van der Waals surface area contributed by atoms with E-state index in [9.17, 15) is 9.59 Å². The number of carbonyl (C=O) groups excluding carboxylic acids is 1. The van der Waals surface area contributed by atoms with Crippen LogP contribution in [0.2, 0.25) is 0 Å². The fraction of sp³-hybridized carbons (Fsp3) is 0.143. The number of benzene rings is 1. The van der Waals surface area contributed by atoms with E-state index in [0.29, 0.717) is 17.8 Å². The van der Waals surface area contributed by atoms with Crippen molar-refractivity contribution < 1.29 is 14.7 Å². The van der Waals surface area contributed by atoms with Gasteiger partial charge in [0.2, 0.25) is 0 Å². The predicted molar refractivity (Wildman–Crippen MR) is 77.2 cm³/mol. The highest BCUT2D eigenvalue weighted by molar-refractivity contribution is 6.07. The average Bonchev–Trinajstić information content (AvgIpc) is 2.50. The van der Waals surface area contributed by atoms with Crippen LogP contribution >= 0.6 is 0 Å². The van der Waals surface area contributed by atoms with E-state index < -0.39 is 5.97 Å². The van der Waals surface area contributed by atoms with Gasteiger partial charge in [-0.15, -0.1) is 0 Å². The van der Waals surface area contributed by atoms with Crippen molar-refractivity contribution in [1.82, 2.24) is 9.97 Å². The van der Waals surface area contributed by atoms with Crippen LogP contribution in [0.25, 0.3) is 0 Å². The van der Waals surface area contributed by atoms with Gasteiger partial charge in [0, 0.05) is 18.9 Å². The molecule has 0 aliphatic rings. The number of aromatic carboxylic acids is 1. The second kappa shape index (κ2) is 6.00. The van der Waals surface area contributed by atoms with Crippen LogP contribution in [0.4, 0.5) is 11.4 Å². The van der Waals surface area contributed by atoms with Crippen molar-refractivity contribution in [2.45, 2.75) is 6.92 Å². The summed E-state index contributed by atoms with van der Waals surface area (Å²) < 4.78 is 0. The number of aromatic nitrogens is 2. The quantitative estimate of drug-likeness (QED) is 0.823. The van der Waals surface area contributed by atoms with Gasteiger partial charge in [0.15, 0.2) is 0 Å². The number of hydrogen-bond acceptors (Lipinski definition) is 5. The molecule has 108 valence electrons. The molecule has 1 aromatic carbocycles. The van der Waals surface area contributed by atoms with Crippen molar-refractivity contribution in [3.8, 4) is 0 Å². The highest BCUT2D eigenvalue weighted by atomic mass is 16.4. The van der Waals surface area contributed by atoms with Gasteiger partial charge in [-0.1, -0.05) is 0 Å². The largest absolute Gasteiger partial charge is 0.478 e. The Bertz CT molecular complexity index is 673. The lowest BCUT2D eigenvalue weighted by molar-refractivity contribution is 0.0697. The lowest BCUT2D eigenvalue weighted by atomic mass is 10.1. The highest BCUT2D eigenvalue weighted by Crippen LogP contribution is 2.25. The summed E-state index contributed by atoms with van der Waals surface area (Å²) >= 11 is 0. The molecule has 0 spiro atoms. The summed E-state index contributed by atoms with van der Waals surface area (Å²) in [5, 5.41) is 8.93. The first-order valence-electron chi connectivity index (χ1n) is 6.24. The molecule has 21 heavy (non-hydrogen) atoms. The molecule has 0 bridgehead atoms. The van der Waals surface area contributed by atoms with E-state index >= 15 is 0 Å². The van der Waals surface area contributed by atoms with Crippen LogP contribution in [0.1, 0.15) is 27.6 Å². The van der Waals surface area contributed by atoms with Gasteiger partial charge in [0.05, 0.1) is 22.5 Å². The summed E-state index contributed by atoms with van der Waals surface area (Å²) in [4.78, 5) is 32.4. The second-order valence-electron chi connectivity index (χ2n) is 4.26. The third-order valence-corrected chi connectivity index (χ3v) is 2.93. The number of nitrogen functional groups attached to an aromatic ring is 1. The van der Waals surface area contributed by atoms with Crippen LogP contribution in [0.5, 0.6) is 0 Å². The van der Waals surface area contributed by atoms with Gasteiger partial charge >= 0.3 is 5.97 Å². The minimum absolute atomic E-state index is 0.0720. The summed E-state index contributed by atoms with van der Waals surface area (Å²) in [6.45, 7) is 2.18. The van der Waals surface area contributed by atoms with E-state index in [1.54, 1.807) is 6.92 Å². The Morgan fingerprint density at radius 2 is 1.90 bits per heavy atom. The van der Waals surface area contributed by atoms with Gasteiger partial charge in [-0.2, -0.15) is 0 Å². The third-order valence-electron chi connectivity index (χ3n) is 2.93. The van der Waals surface area contributed by atoms with E-state index in [4.69, 9.17) is 10.8 Å². The fourth-order valence-electron chi connectivity index (χ4n) is 1.92. The molecule has 7 heteroatoms. The van der Waals surface area contributed by atoms with Crippen LogP contribution in [-0.2, 0) is 0 Å². The van der Waals surface area contributed by atoms with E-state index in [-0.39, 0.29) is 17.2 Å². The van der Waals surface area contributed by atoms with Gasteiger partial charge in [0.25, 0.3) is 5.91 Å². The Labute approximate surface area is 121 Å². The zero-order chi connectivity index (χ0) is 15.4. The average molecular weight is 286 g/mol. The third kappa shape index (κ3) is 2.97. The molecule has 2 aromatic rings. The standard InChI is InChI=1S/C14H14N4O3/c1-2-18(13(19)10-6-16-8-17-7-10)12-4-3-9(14(20)21)5-11(12)15/h3-8H,2,15H2,1H3,(H,20,21). The SMILES string of the molecule is CCN(C(=O)c1cncnc1)c1ccc(C(=O)O)cc1N. The normalized spacial score (nSPS) is 10.1. The number of carbonyl (C=O) groups is 2. The molecule has 1 aromatic heterocycles. The van der Waals surface area contributed by atoms with Gasteiger partial charge in [-0.25, -0.2) is 14.8 Å². The monoisotopic (exact) mass is 286 g/mol. The maximum atomic E-state index is 12.4. The van der Waals surface area contributed by atoms with Crippen LogP contribution in [0, 0.1) is 0 Å². The molecule has 0 saturated heterocycles. The van der Waals surface area contributed by atoms with Crippen LogP contribution in [0.15, 0.2) is 36.9 Å². The van der Waals surface area contributed by atoms with E-state index in [2.05, 4.69) is 9.97 Å². The summed E-state index contributed by atoms with van der Waals surface area (Å²) in [7, 11) is 0. The van der Waals surface area contributed by atoms with Crippen LogP contribution < -0.4 is 10.6 Å². The van der Waals surface area contributed by atoms with E-state index in [0.717, 1.165) is 0 Å². The van der Waals surface area contributed by atoms with Crippen LogP contribution in [0.3, 0.4) is 0 Å². The fourth-order valence-corrected chi connectivity index (χ4v) is 1.92. The lowest BCUT2D eigenvalue weighted by Gasteiger charge is -2.22. The molecule has 0 saturated carbocycles. The van der Waals surface area contributed by atoms with Crippen molar-refractivity contribution in [2.75, 3.05) is 17.2 Å². The topological polar surface area (TPSA) is 109 Å². The molecule has 0 fully saturated rings. The Kier molecular flexibility index (Phi) is 4.13. The van der Waals surface area contributed by atoms with Crippen molar-refractivity contribution in [1.29, 1.82) is 0 Å². The van der Waals surface area contributed by atoms with Crippen LogP contribution in [-0.4, -0.2) is 33.5 Å². The molecule has 0 atom stereocenters. The number of hydrogen-bond donors (Lipinski definition) is 2. The highest BCUT2D eigenvalue weighted by Gasteiger charge is 2.19. The van der Waals surface area contributed by atoms with Gasteiger partial charge in [-0.05, 0) is 25.1 Å². The minimum atomic E-state index is -1.07. The number of nitrogens with two attached hydrogens (primary N) is 1. The molecule has 2 rings (SSSR count). The second-order valence-corrected chi connectivity index (χ2v) is 4.26. The maximum Gasteiger partial charge on any atom is 0.335 e. The van der Waals surface area contributed by atoms with Crippen molar-refractivity contribution in [3.05, 3.63) is 48.0 Å². The molecule has 0 aliphatic heterocycles. The van der Waals surface area contributed by atoms with Gasteiger partial charge in [-0.3, -0.25) is 4.79 Å². The molecule has 0 unspecified atom stereocenters. The zero-order valence-electron chi connectivity index (χ0n) is 11.4. The number of anilines is 2. The van der Waals surface area contributed by atoms with E-state index in [1.807, 2.05) is 0 Å². The number of nitrogens with zero attached hydrogens (tertiary/aromatic N) is 3. The van der Waals surface area contributed by atoms with Crippen molar-refractivity contribution >= 4 is 23.3 Å². The molecule has 3 N–H and O–H groups in total. The number of rotatable bonds is 4. The van der Waals surface area contributed by atoms with Gasteiger partial charge in [0.1, 0.15) is 6.33 Å².